The summed E-state index contributed by atoms with van der Waals surface area (Å²) in [5, 5.41) is 2.77. The summed E-state index contributed by atoms with van der Waals surface area (Å²) >= 11 is 3.34. The van der Waals surface area contributed by atoms with Gasteiger partial charge in [-0.3, -0.25) is 9.59 Å². The third-order valence-corrected chi connectivity index (χ3v) is 4.20. The second kappa shape index (κ2) is 6.88. The fourth-order valence-corrected chi connectivity index (χ4v) is 2.83. The van der Waals surface area contributed by atoms with Crippen LogP contribution in [0.3, 0.4) is 0 Å². The van der Waals surface area contributed by atoms with Crippen molar-refractivity contribution in [2.75, 3.05) is 13.1 Å². The van der Waals surface area contributed by atoms with E-state index in [1.807, 2.05) is 17.0 Å². The van der Waals surface area contributed by atoms with Gasteiger partial charge < -0.3 is 10.2 Å². The van der Waals surface area contributed by atoms with Gasteiger partial charge in [-0.1, -0.05) is 12.1 Å². The third-order valence-electron chi connectivity index (χ3n) is 3.50. The fraction of sp³-hybridized carbons (Fsp3) is 0.467. The van der Waals surface area contributed by atoms with E-state index in [4.69, 9.17) is 0 Å². The normalized spacial score (nSPS) is 16.6. The molecule has 20 heavy (non-hydrogen) atoms. The Bertz CT molecular complexity index is 498. The second-order valence-electron chi connectivity index (χ2n) is 5.06. The van der Waals surface area contributed by atoms with Crippen molar-refractivity contribution in [3.05, 3.63) is 34.3 Å². The highest BCUT2D eigenvalue weighted by Gasteiger charge is 2.24. The molecule has 108 valence electrons. The van der Waals surface area contributed by atoms with Crippen molar-refractivity contribution in [1.82, 2.24) is 10.2 Å². The van der Waals surface area contributed by atoms with Crippen LogP contribution in [0.2, 0.25) is 0 Å². The van der Waals surface area contributed by atoms with E-state index >= 15 is 0 Å². The number of halogens is 1. The summed E-state index contributed by atoms with van der Waals surface area (Å²) in [5.41, 5.74) is 0.547. The molecule has 1 fully saturated rings. The zero-order valence-electron chi connectivity index (χ0n) is 11.6. The molecule has 1 atom stereocenters. The molecule has 2 rings (SSSR count). The van der Waals surface area contributed by atoms with E-state index < -0.39 is 6.04 Å². The van der Waals surface area contributed by atoms with E-state index in [1.165, 1.54) is 6.42 Å². The van der Waals surface area contributed by atoms with Gasteiger partial charge in [-0.05, 0) is 54.2 Å². The van der Waals surface area contributed by atoms with Gasteiger partial charge in [-0.25, -0.2) is 0 Å². The van der Waals surface area contributed by atoms with Gasteiger partial charge in [0.25, 0.3) is 5.91 Å². The molecule has 1 saturated heterocycles. The predicted octanol–water partition coefficient (Wildman–Crippen LogP) is 2.58. The molecule has 1 heterocycles. The second-order valence-corrected chi connectivity index (χ2v) is 5.92. The summed E-state index contributed by atoms with van der Waals surface area (Å²) in [6, 6.07) is 6.71. The monoisotopic (exact) mass is 338 g/mol. The Morgan fingerprint density at radius 2 is 1.85 bits per heavy atom. The molecule has 1 aromatic rings. The highest BCUT2D eigenvalue weighted by Crippen LogP contribution is 2.16. The summed E-state index contributed by atoms with van der Waals surface area (Å²) in [6.45, 7) is 3.34. The van der Waals surface area contributed by atoms with Crippen LogP contribution >= 0.6 is 15.9 Å². The van der Waals surface area contributed by atoms with Gasteiger partial charge in [0.2, 0.25) is 5.91 Å². The number of hydrogen-bond donors (Lipinski definition) is 1. The van der Waals surface area contributed by atoms with Gasteiger partial charge in [-0.2, -0.15) is 0 Å². The van der Waals surface area contributed by atoms with Crippen LogP contribution in [-0.2, 0) is 4.79 Å². The zero-order chi connectivity index (χ0) is 14.5. The number of rotatable bonds is 3. The number of piperidine rings is 1. The minimum atomic E-state index is -0.493. The van der Waals surface area contributed by atoms with Gasteiger partial charge in [0, 0.05) is 17.6 Å². The topological polar surface area (TPSA) is 49.4 Å². The number of carbonyl (C=O) groups is 2. The van der Waals surface area contributed by atoms with Crippen LogP contribution in [0.1, 0.15) is 36.5 Å². The van der Waals surface area contributed by atoms with Crippen molar-refractivity contribution in [3.8, 4) is 0 Å². The molecule has 1 aliphatic heterocycles. The minimum Gasteiger partial charge on any atom is -0.341 e. The summed E-state index contributed by atoms with van der Waals surface area (Å²) in [4.78, 5) is 26.2. The van der Waals surface area contributed by atoms with Crippen molar-refractivity contribution in [2.24, 2.45) is 0 Å². The SMILES string of the molecule is C[C@H](NC(=O)c1ccccc1Br)C(=O)N1CCCCC1. The maximum atomic E-state index is 12.2. The summed E-state index contributed by atoms with van der Waals surface area (Å²) < 4.78 is 0.732. The Hall–Kier alpha value is -1.36. The van der Waals surface area contributed by atoms with Crippen molar-refractivity contribution in [1.29, 1.82) is 0 Å². The Balaban J connectivity index is 1.97. The Kier molecular flexibility index (Phi) is 5.17. The lowest BCUT2D eigenvalue weighted by molar-refractivity contribution is -0.133. The Labute approximate surface area is 127 Å². The average Bonchev–Trinajstić information content (AvgIpc) is 2.47. The highest BCUT2D eigenvalue weighted by atomic mass is 79.9. The number of amides is 2. The molecule has 1 N–H and O–H groups in total. The van der Waals surface area contributed by atoms with Gasteiger partial charge in [0.1, 0.15) is 6.04 Å². The molecule has 2 amide bonds. The van der Waals surface area contributed by atoms with Crippen molar-refractivity contribution in [2.45, 2.75) is 32.2 Å². The van der Waals surface area contributed by atoms with Crippen molar-refractivity contribution >= 4 is 27.7 Å². The number of benzene rings is 1. The van der Waals surface area contributed by atoms with Gasteiger partial charge >= 0.3 is 0 Å². The zero-order valence-corrected chi connectivity index (χ0v) is 13.1. The number of hydrogen-bond acceptors (Lipinski definition) is 2. The smallest absolute Gasteiger partial charge is 0.253 e. The minimum absolute atomic E-state index is 0.00473. The lowest BCUT2D eigenvalue weighted by atomic mass is 10.1. The van der Waals surface area contributed by atoms with E-state index in [2.05, 4.69) is 21.2 Å². The molecular weight excluding hydrogens is 320 g/mol. The van der Waals surface area contributed by atoms with Crippen molar-refractivity contribution < 1.29 is 9.59 Å². The molecular formula is C15H19BrN2O2. The van der Waals surface area contributed by atoms with Crippen molar-refractivity contribution in [3.63, 3.8) is 0 Å². The number of carbonyl (C=O) groups excluding carboxylic acids is 2. The first-order chi connectivity index (χ1) is 9.59. The van der Waals surface area contributed by atoms with E-state index in [0.29, 0.717) is 5.56 Å². The number of nitrogens with one attached hydrogen (secondary N) is 1. The Morgan fingerprint density at radius 3 is 2.50 bits per heavy atom. The molecule has 1 aromatic carbocycles. The van der Waals surface area contributed by atoms with Crippen LogP contribution in [0.4, 0.5) is 0 Å². The first-order valence-corrected chi connectivity index (χ1v) is 7.73. The molecule has 0 saturated carbocycles. The highest BCUT2D eigenvalue weighted by molar-refractivity contribution is 9.10. The first kappa shape index (κ1) is 15.0. The van der Waals surface area contributed by atoms with Gasteiger partial charge in [-0.15, -0.1) is 0 Å². The van der Waals surface area contributed by atoms with Gasteiger partial charge in [0.15, 0.2) is 0 Å². The molecule has 0 aliphatic carbocycles. The van der Waals surface area contributed by atoms with E-state index in [0.717, 1.165) is 30.4 Å². The number of nitrogens with zero attached hydrogens (tertiary/aromatic N) is 1. The molecule has 0 bridgehead atoms. The maximum absolute atomic E-state index is 12.2. The summed E-state index contributed by atoms with van der Waals surface area (Å²) in [6.07, 6.45) is 3.29. The van der Waals surface area contributed by atoms with Crippen LogP contribution in [0.25, 0.3) is 0 Å². The molecule has 1 aliphatic rings. The van der Waals surface area contributed by atoms with Gasteiger partial charge in [0.05, 0.1) is 5.56 Å². The lowest BCUT2D eigenvalue weighted by Crippen LogP contribution is -2.48. The summed E-state index contributed by atoms with van der Waals surface area (Å²) in [7, 11) is 0. The fourth-order valence-electron chi connectivity index (χ4n) is 2.37. The number of likely N-dealkylation sites (tertiary alicyclic amines) is 1. The molecule has 0 aromatic heterocycles. The quantitative estimate of drug-likeness (QED) is 0.920. The van der Waals surface area contributed by atoms with E-state index in [-0.39, 0.29) is 11.8 Å². The third kappa shape index (κ3) is 3.60. The standard InChI is InChI=1S/C15H19BrN2O2/c1-11(15(20)18-9-5-2-6-10-18)17-14(19)12-7-3-4-8-13(12)16/h3-4,7-8,11H,2,5-6,9-10H2,1H3,(H,17,19)/t11-/m0/s1. The van der Waals surface area contributed by atoms with E-state index in [1.54, 1.807) is 19.1 Å². The van der Waals surface area contributed by atoms with Crippen LogP contribution in [0.15, 0.2) is 28.7 Å². The molecule has 5 heteroatoms. The molecule has 4 nitrogen and oxygen atoms in total. The Morgan fingerprint density at radius 1 is 1.20 bits per heavy atom. The molecule has 0 radical (unpaired) electrons. The first-order valence-electron chi connectivity index (χ1n) is 6.94. The van der Waals surface area contributed by atoms with Crippen LogP contribution < -0.4 is 5.32 Å². The van der Waals surface area contributed by atoms with E-state index in [9.17, 15) is 9.59 Å². The van der Waals surface area contributed by atoms with Crippen LogP contribution in [0, 0.1) is 0 Å². The lowest BCUT2D eigenvalue weighted by Gasteiger charge is -2.29. The molecule has 0 spiro atoms. The predicted molar refractivity (Wildman–Crippen MR) is 81.5 cm³/mol. The maximum Gasteiger partial charge on any atom is 0.253 e. The molecule has 0 unspecified atom stereocenters. The summed E-state index contributed by atoms with van der Waals surface area (Å²) in [5.74, 6) is -0.222. The largest absolute Gasteiger partial charge is 0.341 e. The van der Waals surface area contributed by atoms with Crippen LogP contribution in [-0.4, -0.2) is 35.8 Å². The van der Waals surface area contributed by atoms with Crippen LogP contribution in [0.5, 0.6) is 0 Å². The average molecular weight is 339 g/mol.